The van der Waals surface area contributed by atoms with Crippen molar-refractivity contribution in [2.24, 2.45) is 0 Å². The number of hydrogen-bond acceptors (Lipinski definition) is 4. The summed E-state index contributed by atoms with van der Waals surface area (Å²) in [6.45, 7) is 0.421. The molecular weight excluding hydrogens is 312 g/mol. The Morgan fingerprint density at radius 3 is 2.68 bits per heavy atom. The van der Waals surface area contributed by atoms with Gasteiger partial charge in [0, 0.05) is 24.1 Å². The molecule has 1 saturated carbocycles. The molecule has 19 heavy (non-hydrogen) atoms. The number of anilines is 1. The molecule has 1 aromatic carbocycles. The van der Waals surface area contributed by atoms with E-state index in [1.54, 1.807) is 24.1 Å². The molecule has 1 fully saturated rings. The molecule has 0 atom stereocenters. The van der Waals surface area contributed by atoms with Gasteiger partial charge in [-0.15, -0.1) is 0 Å². The van der Waals surface area contributed by atoms with Gasteiger partial charge < -0.3 is 10.0 Å². The molecule has 1 aromatic rings. The van der Waals surface area contributed by atoms with Crippen molar-refractivity contribution in [2.75, 3.05) is 18.5 Å². The number of nitrogens with zero attached hydrogens (tertiary/aromatic N) is 2. The second-order valence-electron chi connectivity index (χ2n) is 5.18. The van der Waals surface area contributed by atoms with Gasteiger partial charge in [-0.25, -0.2) is 0 Å². The Morgan fingerprint density at radius 2 is 2.11 bits per heavy atom. The number of hydrogen-bond donors (Lipinski definition) is 1. The highest BCUT2D eigenvalue weighted by Crippen LogP contribution is 2.35. The zero-order chi connectivity index (χ0) is 14.0. The predicted octanol–water partition coefficient (Wildman–Crippen LogP) is 3.10. The molecule has 1 N–H and O–H groups in total. The summed E-state index contributed by atoms with van der Waals surface area (Å²) in [5.74, 6) is 0. The normalized spacial score (nSPS) is 17.4. The molecule has 0 heterocycles. The van der Waals surface area contributed by atoms with Crippen molar-refractivity contribution in [3.8, 4) is 0 Å². The molecule has 0 bridgehead atoms. The maximum Gasteiger partial charge on any atom is 0.292 e. The van der Waals surface area contributed by atoms with E-state index in [0.29, 0.717) is 12.2 Å². The first-order valence-electron chi connectivity index (χ1n) is 6.29. The number of likely N-dealkylation sites (N-methyl/N-ethyl adjacent to an activating group) is 1. The molecule has 1 aliphatic carbocycles. The number of nitro benzene ring substituents is 1. The fourth-order valence-electron chi connectivity index (χ4n) is 2.67. The summed E-state index contributed by atoms with van der Waals surface area (Å²) >= 11 is 3.33. The van der Waals surface area contributed by atoms with Gasteiger partial charge in [0.15, 0.2) is 0 Å². The molecule has 0 aliphatic heterocycles. The predicted molar refractivity (Wildman–Crippen MR) is 77.5 cm³/mol. The Balaban J connectivity index is 2.24. The molecule has 0 amide bonds. The molecule has 0 spiro atoms. The van der Waals surface area contributed by atoms with Crippen molar-refractivity contribution in [1.29, 1.82) is 0 Å². The van der Waals surface area contributed by atoms with Crippen LogP contribution in [0, 0.1) is 10.1 Å². The first kappa shape index (κ1) is 14.3. The van der Waals surface area contributed by atoms with Crippen molar-refractivity contribution in [3.63, 3.8) is 0 Å². The van der Waals surface area contributed by atoms with Crippen LogP contribution in [0.4, 0.5) is 11.4 Å². The second kappa shape index (κ2) is 5.46. The third-order valence-corrected chi connectivity index (χ3v) is 4.10. The summed E-state index contributed by atoms with van der Waals surface area (Å²) < 4.78 is 0.790. The van der Waals surface area contributed by atoms with E-state index in [4.69, 9.17) is 0 Å². The fourth-order valence-corrected chi connectivity index (χ4v) is 3.02. The van der Waals surface area contributed by atoms with E-state index in [-0.39, 0.29) is 5.69 Å². The van der Waals surface area contributed by atoms with Crippen molar-refractivity contribution in [2.45, 2.75) is 31.3 Å². The minimum atomic E-state index is -0.717. The van der Waals surface area contributed by atoms with Crippen LogP contribution in [-0.2, 0) is 0 Å². The number of benzene rings is 1. The van der Waals surface area contributed by atoms with Crippen LogP contribution in [0.15, 0.2) is 22.7 Å². The largest absolute Gasteiger partial charge is 0.388 e. The summed E-state index contributed by atoms with van der Waals surface area (Å²) in [7, 11) is 1.78. The topological polar surface area (TPSA) is 66.6 Å². The van der Waals surface area contributed by atoms with Gasteiger partial charge in [-0.05, 0) is 25.0 Å². The van der Waals surface area contributed by atoms with Crippen LogP contribution in [0.25, 0.3) is 0 Å². The highest BCUT2D eigenvalue weighted by molar-refractivity contribution is 9.10. The van der Waals surface area contributed by atoms with Crippen LogP contribution in [0.2, 0.25) is 0 Å². The third kappa shape index (κ3) is 3.25. The molecule has 6 heteroatoms. The van der Waals surface area contributed by atoms with Gasteiger partial charge in [-0.2, -0.15) is 0 Å². The van der Waals surface area contributed by atoms with Gasteiger partial charge in [-0.1, -0.05) is 28.8 Å². The van der Waals surface area contributed by atoms with Gasteiger partial charge in [-0.3, -0.25) is 10.1 Å². The third-order valence-electron chi connectivity index (χ3n) is 3.61. The lowest BCUT2D eigenvalue weighted by Gasteiger charge is -2.29. The summed E-state index contributed by atoms with van der Waals surface area (Å²) in [5.41, 5.74) is -0.128. The van der Waals surface area contributed by atoms with E-state index < -0.39 is 10.5 Å². The highest BCUT2D eigenvalue weighted by Gasteiger charge is 2.33. The van der Waals surface area contributed by atoms with E-state index in [9.17, 15) is 15.2 Å². The monoisotopic (exact) mass is 328 g/mol. The molecule has 104 valence electrons. The summed E-state index contributed by atoms with van der Waals surface area (Å²) in [4.78, 5) is 12.4. The molecule has 2 rings (SSSR count). The van der Waals surface area contributed by atoms with Gasteiger partial charge in [0.05, 0.1) is 10.5 Å². The Labute approximate surface area is 120 Å². The first-order valence-corrected chi connectivity index (χ1v) is 7.08. The van der Waals surface area contributed by atoms with Crippen LogP contribution in [-0.4, -0.2) is 29.2 Å². The lowest BCUT2D eigenvalue weighted by Crippen LogP contribution is -2.39. The number of aliphatic hydroxyl groups is 1. The van der Waals surface area contributed by atoms with Crippen LogP contribution >= 0.6 is 15.9 Å². The standard InChI is InChI=1S/C13H17BrN2O3/c1-15(9-13(17)6-2-3-7-13)12-8-10(14)4-5-11(12)16(18)19/h4-5,8,17H,2-3,6-7,9H2,1H3. The molecule has 0 saturated heterocycles. The Hall–Kier alpha value is -1.14. The zero-order valence-corrected chi connectivity index (χ0v) is 12.4. The number of halogens is 1. The summed E-state index contributed by atoms with van der Waals surface area (Å²) in [5, 5.41) is 21.5. The molecule has 0 radical (unpaired) electrons. The van der Waals surface area contributed by atoms with Crippen LogP contribution < -0.4 is 4.90 Å². The van der Waals surface area contributed by atoms with Crippen molar-refractivity contribution in [3.05, 3.63) is 32.8 Å². The van der Waals surface area contributed by atoms with Gasteiger partial charge >= 0.3 is 0 Å². The van der Waals surface area contributed by atoms with Crippen molar-refractivity contribution >= 4 is 27.3 Å². The van der Waals surface area contributed by atoms with Gasteiger partial charge in [0.2, 0.25) is 0 Å². The Morgan fingerprint density at radius 1 is 1.47 bits per heavy atom. The first-order chi connectivity index (χ1) is 8.91. The van der Waals surface area contributed by atoms with E-state index in [2.05, 4.69) is 15.9 Å². The maximum atomic E-state index is 11.1. The van der Waals surface area contributed by atoms with Gasteiger partial charge in [0.1, 0.15) is 5.69 Å². The molecule has 0 aromatic heterocycles. The number of rotatable bonds is 4. The minimum Gasteiger partial charge on any atom is -0.388 e. The number of nitro groups is 1. The Bertz CT molecular complexity index is 487. The average molecular weight is 329 g/mol. The molecule has 1 aliphatic rings. The zero-order valence-electron chi connectivity index (χ0n) is 10.8. The molecular formula is C13H17BrN2O3. The van der Waals surface area contributed by atoms with Crippen molar-refractivity contribution < 1.29 is 10.0 Å². The maximum absolute atomic E-state index is 11.1. The van der Waals surface area contributed by atoms with E-state index in [1.807, 2.05) is 0 Å². The smallest absolute Gasteiger partial charge is 0.292 e. The quantitative estimate of drug-likeness (QED) is 0.681. The Kier molecular flexibility index (Phi) is 4.10. The van der Waals surface area contributed by atoms with E-state index >= 15 is 0 Å². The molecule has 0 unspecified atom stereocenters. The van der Waals surface area contributed by atoms with Crippen LogP contribution in [0.3, 0.4) is 0 Å². The highest BCUT2D eigenvalue weighted by atomic mass is 79.9. The molecule has 5 nitrogen and oxygen atoms in total. The SMILES string of the molecule is CN(CC1(O)CCCC1)c1cc(Br)ccc1[N+](=O)[O-]. The average Bonchev–Trinajstić information content (AvgIpc) is 2.75. The summed E-state index contributed by atoms with van der Waals surface area (Å²) in [6, 6.07) is 4.85. The fraction of sp³-hybridized carbons (Fsp3) is 0.538. The summed E-state index contributed by atoms with van der Waals surface area (Å²) in [6.07, 6.45) is 3.56. The second-order valence-corrected chi connectivity index (χ2v) is 6.09. The van der Waals surface area contributed by atoms with Crippen LogP contribution in [0.1, 0.15) is 25.7 Å². The van der Waals surface area contributed by atoms with Gasteiger partial charge in [0.25, 0.3) is 5.69 Å². The minimum absolute atomic E-state index is 0.0623. The lowest BCUT2D eigenvalue weighted by molar-refractivity contribution is -0.384. The van der Waals surface area contributed by atoms with E-state index in [1.165, 1.54) is 6.07 Å². The van der Waals surface area contributed by atoms with E-state index in [0.717, 1.165) is 30.2 Å². The van der Waals surface area contributed by atoms with Crippen LogP contribution in [0.5, 0.6) is 0 Å². The lowest BCUT2D eigenvalue weighted by atomic mass is 10.0. The van der Waals surface area contributed by atoms with Crippen molar-refractivity contribution in [1.82, 2.24) is 0 Å².